The summed E-state index contributed by atoms with van der Waals surface area (Å²) in [4.78, 5) is 15.3. The maximum absolute atomic E-state index is 13.2. The first-order valence-corrected chi connectivity index (χ1v) is 9.01. The number of hydrogen-bond donors (Lipinski definition) is 1. The van der Waals surface area contributed by atoms with E-state index in [4.69, 9.17) is 10.5 Å². The predicted octanol–water partition coefficient (Wildman–Crippen LogP) is 3.61. The summed E-state index contributed by atoms with van der Waals surface area (Å²) in [5.74, 6) is 1.11. The van der Waals surface area contributed by atoms with Crippen LogP contribution >= 0.6 is 0 Å². The Bertz CT molecular complexity index is 802. The van der Waals surface area contributed by atoms with E-state index in [9.17, 15) is 4.79 Å². The van der Waals surface area contributed by atoms with Crippen molar-refractivity contribution >= 4 is 11.6 Å². The van der Waals surface area contributed by atoms with Crippen molar-refractivity contribution in [2.24, 2.45) is 0 Å². The normalized spacial score (nSPS) is 22.0. The maximum Gasteiger partial charge on any atom is 0.254 e. The van der Waals surface area contributed by atoms with Gasteiger partial charge in [0.05, 0.1) is 12.8 Å². The molecule has 4 rings (SSSR count). The van der Waals surface area contributed by atoms with Gasteiger partial charge in [-0.25, -0.2) is 0 Å². The zero-order valence-corrected chi connectivity index (χ0v) is 14.6. The van der Waals surface area contributed by atoms with Gasteiger partial charge >= 0.3 is 0 Å². The second-order valence-corrected chi connectivity index (χ2v) is 7.01. The molecule has 2 aliphatic rings. The van der Waals surface area contributed by atoms with Gasteiger partial charge in [-0.2, -0.15) is 0 Å². The Morgan fingerprint density at radius 1 is 1.20 bits per heavy atom. The highest BCUT2D eigenvalue weighted by Gasteiger charge is 2.38. The van der Waals surface area contributed by atoms with E-state index >= 15 is 0 Å². The molecule has 2 aromatic carbocycles. The van der Waals surface area contributed by atoms with Crippen LogP contribution in [0.4, 0.5) is 5.69 Å². The minimum atomic E-state index is 0.0902. The molecule has 2 aromatic rings. The number of amides is 1. The van der Waals surface area contributed by atoms with Crippen molar-refractivity contribution in [2.75, 3.05) is 19.4 Å². The molecule has 0 bridgehead atoms. The number of methoxy groups -OCH3 is 1. The largest absolute Gasteiger partial charge is 0.495 e. The molecule has 0 spiro atoms. The molecule has 4 nitrogen and oxygen atoms in total. The molecule has 1 amide bonds. The van der Waals surface area contributed by atoms with Crippen LogP contribution in [-0.2, 0) is 6.42 Å². The molecule has 2 atom stereocenters. The number of rotatable bonds is 2. The monoisotopic (exact) mass is 336 g/mol. The number of carbonyl (C=O) groups excluding carboxylic acids is 1. The number of fused-ring (bicyclic) bond motifs is 3. The zero-order chi connectivity index (χ0) is 17.4. The molecule has 0 radical (unpaired) electrons. The lowest BCUT2D eigenvalue weighted by Gasteiger charge is -2.45. The van der Waals surface area contributed by atoms with Crippen LogP contribution in [0.2, 0.25) is 0 Å². The lowest BCUT2D eigenvalue weighted by atomic mass is 9.74. The first kappa shape index (κ1) is 16.0. The van der Waals surface area contributed by atoms with Crippen LogP contribution in [-0.4, -0.2) is 30.5 Å². The van der Waals surface area contributed by atoms with Crippen molar-refractivity contribution < 1.29 is 9.53 Å². The molecule has 1 heterocycles. The van der Waals surface area contributed by atoms with Gasteiger partial charge in [0.25, 0.3) is 5.91 Å². The number of ether oxygens (including phenoxy) is 1. The smallest absolute Gasteiger partial charge is 0.254 e. The summed E-state index contributed by atoms with van der Waals surface area (Å²) in [5, 5.41) is 0. The Morgan fingerprint density at radius 3 is 2.88 bits per heavy atom. The number of carbonyl (C=O) groups is 1. The molecule has 25 heavy (non-hydrogen) atoms. The van der Waals surface area contributed by atoms with Crippen molar-refractivity contribution in [1.29, 1.82) is 0 Å². The molecule has 2 N–H and O–H groups in total. The average molecular weight is 336 g/mol. The first-order valence-electron chi connectivity index (χ1n) is 9.01. The predicted molar refractivity (Wildman–Crippen MR) is 99.0 cm³/mol. The zero-order valence-electron chi connectivity index (χ0n) is 14.6. The number of benzene rings is 2. The van der Waals surface area contributed by atoms with Crippen LogP contribution in [0, 0.1) is 0 Å². The number of aryl methyl sites for hydroxylation is 1. The van der Waals surface area contributed by atoms with Gasteiger partial charge in [-0.3, -0.25) is 4.79 Å². The van der Waals surface area contributed by atoms with Gasteiger partial charge in [0.1, 0.15) is 5.75 Å². The van der Waals surface area contributed by atoms with Crippen LogP contribution in [0.3, 0.4) is 0 Å². The van der Waals surface area contributed by atoms with Crippen LogP contribution in [0.15, 0.2) is 42.5 Å². The van der Waals surface area contributed by atoms with Gasteiger partial charge in [0, 0.05) is 24.1 Å². The van der Waals surface area contributed by atoms with E-state index in [2.05, 4.69) is 29.2 Å². The van der Waals surface area contributed by atoms with Gasteiger partial charge in [0.15, 0.2) is 0 Å². The number of nitrogens with two attached hydrogens (primary N) is 1. The van der Waals surface area contributed by atoms with Gasteiger partial charge in [-0.15, -0.1) is 0 Å². The van der Waals surface area contributed by atoms with Crippen LogP contribution in [0.5, 0.6) is 5.75 Å². The topological polar surface area (TPSA) is 55.6 Å². The standard InChI is InChI=1S/C21H24N2O2/c1-25-20-13-15(8-10-18(20)22)21(24)23-12-4-7-17-16-6-3-2-5-14(16)9-11-19(17)23/h2-3,5-6,8,10,13,17,19H,4,7,9,11-12,22H2,1H3/t17?,19-/m0/s1. The Labute approximate surface area is 148 Å². The molecule has 0 saturated carbocycles. The van der Waals surface area contributed by atoms with E-state index in [-0.39, 0.29) is 5.91 Å². The summed E-state index contributed by atoms with van der Waals surface area (Å²) in [6.45, 7) is 0.828. The highest BCUT2D eigenvalue weighted by Crippen LogP contribution is 2.41. The molecular weight excluding hydrogens is 312 g/mol. The van der Waals surface area contributed by atoms with E-state index in [0.717, 1.165) is 32.2 Å². The summed E-state index contributed by atoms with van der Waals surface area (Å²) in [6.07, 6.45) is 4.30. The van der Waals surface area contributed by atoms with Crippen molar-refractivity contribution in [3.05, 3.63) is 59.2 Å². The molecule has 1 saturated heterocycles. The third-order valence-electron chi connectivity index (χ3n) is 5.68. The quantitative estimate of drug-likeness (QED) is 0.852. The molecular formula is C21H24N2O2. The summed E-state index contributed by atoms with van der Waals surface area (Å²) >= 11 is 0. The highest BCUT2D eigenvalue weighted by molar-refractivity contribution is 5.95. The minimum Gasteiger partial charge on any atom is -0.495 e. The van der Waals surface area contributed by atoms with E-state index in [1.54, 1.807) is 25.3 Å². The first-order chi connectivity index (χ1) is 12.2. The van der Waals surface area contributed by atoms with Gasteiger partial charge in [-0.1, -0.05) is 24.3 Å². The van der Waals surface area contributed by atoms with E-state index < -0.39 is 0 Å². The van der Waals surface area contributed by atoms with Crippen molar-refractivity contribution in [1.82, 2.24) is 4.90 Å². The summed E-state index contributed by atoms with van der Waals surface area (Å²) in [6, 6.07) is 14.3. The van der Waals surface area contributed by atoms with Crippen LogP contribution in [0.25, 0.3) is 0 Å². The summed E-state index contributed by atoms with van der Waals surface area (Å²) in [5.41, 5.74) is 9.99. The van der Waals surface area contributed by atoms with Crippen molar-refractivity contribution in [3.63, 3.8) is 0 Å². The molecule has 0 aromatic heterocycles. The van der Waals surface area contributed by atoms with Gasteiger partial charge in [0.2, 0.25) is 0 Å². The highest BCUT2D eigenvalue weighted by atomic mass is 16.5. The molecule has 130 valence electrons. The average Bonchev–Trinajstić information content (AvgIpc) is 2.67. The third kappa shape index (κ3) is 2.76. The summed E-state index contributed by atoms with van der Waals surface area (Å²) < 4.78 is 5.28. The molecule has 1 aliphatic heterocycles. The van der Waals surface area contributed by atoms with E-state index in [1.165, 1.54) is 11.1 Å². The summed E-state index contributed by atoms with van der Waals surface area (Å²) in [7, 11) is 1.58. The van der Waals surface area contributed by atoms with Crippen LogP contribution in [0.1, 0.15) is 46.7 Å². The number of nitrogens with zero attached hydrogens (tertiary/aromatic N) is 1. The number of likely N-dealkylation sites (tertiary alicyclic amines) is 1. The second-order valence-electron chi connectivity index (χ2n) is 7.01. The number of hydrogen-bond acceptors (Lipinski definition) is 3. The molecule has 1 fully saturated rings. The Hall–Kier alpha value is -2.49. The van der Waals surface area contributed by atoms with E-state index in [0.29, 0.717) is 29.0 Å². The van der Waals surface area contributed by atoms with Gasteiger partial charge < -0.3 is 15.4 Å². The van der Waals surface area contributed by atoms with Crippen molar-refractivity contribution in [3.8, 4) is 5.75 Å². The van der Waals surface area contributed by atoms with Crippen LogP contribution < -0.4 is 10.5 Å². The number of piperidine rings is 1. The fourth-order valence-corrected chi connectivity index (χ4v) is 4.47. The molecule has 1 unspecified atom stereocenters. The lowest BCUT2D eigenvalue weighted by molar-refractivity contribution is 0.0546. The third-order valence-corrected chi connectivity index (χ3v) is 5.68. The minimum absolute atomic E-state index is 0.0902. The number of anilines is 1. The molecule has 4 heteroatoms. The number of nitrogen functional groups attached to an aromatic ring is 1. The Kier molecular flexibility index (Phi) is 4.12. The maximum atomic E-state index is 13.2. The SMILES string of the molecule is COc1cc(C(=O)N2CCCC3c4ccccc4CC[C@@H]32)ccc1N. The fourth-order valence-electron chi connectivity index (χ4n) is 4.47. The molecule has 1 aliphatic carbocycles. The van der Waals surface area contributed by atoms with Crippen molar-refractivity contribution in [2.45, 2.75) is 37.6 Å². The Morgan fingerprint density at radius 2 is 2.04 bits per heavy atom. The van der Waals surface area contributed by atoms with E-state index in [1.807, 2.05) is 0 Å². The van der Waals surface area contributed by atoms with Gasteiger partial charge in [-0.05, 0) is 55.0 Å². The Balaban J connectivity index is 1.64. The second kappa shape index (κ2) is 6.43. The fraction of sp³-hybridized carbons (Fsp3) is 0.381. The lowest BCUT2D eigenvalue weighted by Crippen LogP contribution is -2.49.